The van der Waals surface area contributed by atoms with Crippen LogP contribution < -0.4 is 10.6 Å². The predicted molar refractivity (Wildman–Crippen MR) is 85.8 cm³/mol. The molecule has 0 aliphatic heterocycles. The largest absolute Gasteiger partial charge is 0.480 e. The molecule has 1 aromatic rings. The van der Waals surface area contributed by atoms with Crippen molar-refractivity contribution in [3.05, 3.63) is 42.2 Å². The lowest BCUT2D eigenvalue weighted by atomic mass is 9.97. The first-order valence-corrected chi connectivity index (χ1v) is 6.98. The number of amidine groups is 1. The van der Waals surface area contributed by atoms with Crippen LogP contribution in [0.3, 0.4) is 0 Å². The Kier molecular flexibility index (Phi) is 6.24. The standard InChI is InChI=1S/C16H22FN3O2/c1-12(18)20(14-8-4-3-5-9-14)11-13(17)7-6-10-16(2,19)15(21)22/h3-5,7-9,18H,6,10-11,19H2,1-2H3,(H,21,22)/b13-7+,18-12?/t16-/m0/s1. The van der Waals surface area contributed by atoms with Gasteiger partial charge in [0.1, 0.15) is 11.4 Å². The van der Waals surface area contributed by atoms with E-state index in [-0.39, 0.29) is 25.2 Å². The molecule has 0 heterocycles. The predicted octanol–water partition coefficient (Wildman–Crippen LogP) is 2.93. The molecular formula is C16H22FN3O2. The second kappa shape index (κ2) is 7.70. The van der Waals surface area contributed by atoms with Crippen LogP contribution in [-0.2, 0) is 4.79 Å². The van der Waals surface area contributed by atoms with E-state index in [0.717, 1.165) is 5.69 Å². The summed E-state index contributed by atoms with van der Waals surface area (Å²) in [7, 11) is 0. The summed E-state index contributed by atoms with van der Waals surface area (Å²) in [5, 5.41) is 16.6. The molecule has 0 aliphatic rings. The van der Waals surface area contributed by atoms with E-state index < -0.39 is 17.3 Å². The number of carboxylic acid groups (broad SMARTS) is 1. The van der Waals surface area contributed by atoms with Gasteiger partial charge in [0.15, 0.2) is 0 Å². The number of nitrogens with two attached hydrogens (primary N) is 1. The maximum atomic E-state index is 14.0. The number of hydrogen-bond acceptors (Lipinski definition) is 3. The van der Waals surface area contributed by atoms with Crippen LogP contribution in [0, 0.1) is 5.41 Å². The molecule has 1 atom stereocenters. The molecule has 0 saturated heterocycles. The van der Waals surface area contributed by atoms with Crippen LogP contribution in [-0.4, -0.2) is 29.0 Å². The number of hydrogen-bond donors (Lipinski definition) is 3. The van der Waals surface area contributed by atoms with Crippen LogP contribution in [0.15, 0.2) is 42.2 Å². The molecule has 0 aromatic heterocycles. The molecule has 1 aromatic carbocycles. The maximum absolute atomic E-state index is 14.0. The van der Waals surface area contributed by atoms with Crippen LogP contribution in [0.5, 0.6) is 0 Å². The Labute approximate surface area is 129 Å². The van der Waals surface area contributed by atoms with E-state index in [4.69, 9.17) is 16.2 Å². The van der Waals surface area contributed by atoms with Gasteiger partial charge in [-0.25, -0.2) is 4.39 Å². The van der Waals surface area contributed by atoms with Crippen LogP contribution in [0.4, 0.5) is 10.1 Å². The van der Waals surface area contributed by atoms with Crippen LogP contribution in [0.25, 0.3) is 0 Å². The van der Waals surface area contributed by atoms with Gasteiger partial charge in [-0.1, -0.05) is 24.3 Å². The van der Waals surface area contributed by atoms with Crippen LogP contribution >= 0.6 is 0 Å². The number of carbonyl (C=O) groups is 1. The van der Waals surface area contributed by atoms with Gasteiger partial charge in [0, 0.05) is 5.69 Å². The third kappa shape index (κ3) is 5.29. The molecule has 4 N–H and O–H groups in total. The topological polar surface area (TPSA) is 90.4 Å². The maximum Gasteiger partial charge on any atom is 0.323 e. The van der Waals surface area contributed by atoms with E-state index in [1.807, 2.05) is 18.2 Å². The van der Waals surface area contributed by atoms with Gasteiger partial charge in [-0.15, -0.1) is 0 Å². The number of carboxylic acids is 1. The minimum atomic E-state index is -1.37. The Morgan fingerprint density at radius 1 is 1.45 bits per heavy atom. The molecular weight excluding hydrogens is 285 g/mol. The first-order valence-electron chi connectivity index (χ1n) is 6.98. The Morgan fingerprint density at radius 3 is 2.55 bits per heavy atom. The van der Waals surface area contributed by atoms with Crippen molar-refractivity contribution in [2.75, 3.05) is 11.4 Å². The number of nitrogens with zero attached hydrogens (tertiary/aromatic N) is 1. The molecule has 0 fully saturated rings. The molecule has 0 amide bonds. The minimum absolute atomic E-state index is 0.0618. The van der Waals surface area contributed by atoms with Crippen LogP contribution in [0.1, 0.15) is 26.7 Å². The quantitative estimate of drug-likeness (QED) is 0.533. The lowest BCUT2D eigenvalue weighted by Gasteiger charge is -2.22. The zero-order valence-corrected chi connectivity index (χ0v) is 12.8. The van der Waals surface area contributed by atoms with Crippen molar-refractivity contribution in [2.24, 2.45) is 5.73 Å². The molecule has 1 rings (SSSR count). The summed E-state index contributed by atoms with van der Waals surface area (Å²) < 4.78 is 14.0. The van der Waals surface area contributed by atoms with Gasteiger partial charge in [-0.05, 0) is 38.8 Å². The molecule has 6 heteroatoms. The van der Waals surface area contributed by atoms with E-state index in [9.17, 15) is 9.18 Å². The van der Waals surface area contributed by atoms with E-state index in [1.165, 1.54) is 17.9 Å². The molecule has 0 aliphatic carbocycles. The Bertz CT molecular complexity index is 556. The second-order valence-electron chi connectivity index (χ2n) is 5.42. The summed E-state index contributed by atoms with van der Waals surface area (Å²) in [4.78, 5) is 12.4. The second-order valence-corrected chi connectivity index (χ2v) is 5.42. The smallest absolute Gasteiger partial charge is 0.323 e. The van der Waals surface area contributed by atoms with Crippen molar-refractivity contribution in [1.82, 2.24) is 0 Å². The highest BCUT2D eigenvalue weighted by atomic mass is 19.1. The van der Waals surface area contributed by atoms with E-state index in [1.54, 1.807) is 19.1 Å². The zero-order chi connectivity index (χ0) is 16.8. The SMILES string of the molecule is CC(=N)N(C/C(F)=C\CC[C@](C)(N)C(=O)O)c1ccccc1. The lowest BCUT2D eigenvalue weighted by Crippen LogP contribution is -2.44. The summed E-state index contributed by atoms with van der Waals surface area (Å²) in [6.07, 6.45) is 1.70. The van der Waals surface area contributed by atoms with Gasteiger partial charge in [0.25, 0.3) is 0 Å². The number of allylic oxidation sites excluding steroid dienone is 1. The van der Waals surface area contributed by atoms with E-state index in [0.29, 0.717) is 0 Å². The molecule has 0 unspecified atom stereocenters. The summed E-state index contributed by atoms with van der Waals surface area (Å²) in [6, 6.07) is 9.08. The normalized spacial score (nSPS) is 14.3. The monoisotopic (exact) mass is 307 g/mol. The number of benzene rings is 1. The highest BCUT2D eigenvalue weighted by Gasteiger charge is 2.26. The van der Waals surface area contributed by atoms with Gasteiger partial charge in [-0.3, -0.25) is 10.2 Å². The summed E-state index contributed by atoms with van der Waals surface area (Å²) in [6.45, 7) is 2.93. The summed E-state index contributed by atoms with van der Waals surface area (Å²) >= 11 is 0. The molecule has 5 nitrogen and oxygen atoms in total. The first kappa shape index (κ1) is 17.8. The number of anilines is 1. The molecule has 0 bridgehead atoms. The summed E-state index contributed by atoms with van der Waals surface area (Å²) in [5.74, 6) is -1.30. The third-order valence-electron chi connectivity index (χ3n) is 3.30. The lowest BCUT2D eigenvalue weighted by molar-refractivity contribution is -0.142. The van der Waals surface area contributed by atoms with E-state index in [2.05, 4.69) is 0 Å². The molecule has 22 heavy (non-hydrogen) atoms. The molecule has 0 spiro atoms. The van der Waals surface area contributed by atoms with Crippen molar-refractivity contribution in [3.8, 4) is 0 Å². The number of halogens is 1. The van der Waals surface area contributed by atoms with Gasteiger partial charge >= 0.3 is 5.97 Å². The Hall–Kier alpha value is -2.21. The zero-order valence-electron chi connectivity index (χ0n) is 12.8. The number of para-hydroxylation sites is 1. The fraction of sp³-hybridized carbons (Fsp3) is 0.375. The van der Waals surface area contributed by atoms with Gasteiger partial charge in [0.05, 0.1) is 12.4 Å². The number of nitrogens with one attached hydrogen (secondary N) is 1. The van der Waals surface area contributed by atoms with Crippen LogP contribution in [0.2, 0.25) is 0 Å². The fourth-order valence-corrected chi connectivity index (χ4v) is 1.86. The fourth-order valence-electron chi connectivity index (χ4n) is 1.86. The summed E-state index contributed by atoms with van der Waals surface area (Å²) in [5.41, 5.74) is 4.95. The van der Waals surface area contributed by atoms with Gasteiger partial charge in [-0.2, -0.15) is 0 Å². The first-order chi connectivity index (χ1) is 10.2. The molecule has 0 saturated carbocycles. The van der Waals surface area contributed by atoms with Crippen molar-refractivity contribution < 1.29 is 14.3 Å². The van der Waals surface area contributed by atoms with Crippen molar-refractivity contribution in [1.29, 1.82) is 5.41 Å². The average molecular weight is 307 g/mol. The minimum Gasteiger partial charge on any atom is -0.480 e. The molecule has 0 radical (unpaired) electrons. The van der Waals surface area contributed by atoms with Crippen molar-refractivity contribution in [3.63, 3.8) is 0 Å². The third-order valence-corrected chi connectivity index (χ3v) is 3.30. The molecule has 120 valence electrons. The van der Waals surface area contributed by atoms with Crippen molar-refractivity contribution in [2.45, 2.75) is 32.2 Å². The Balaban J connectivity index is 2.68. The number of rotatable bonds is 7. The average Bonchev–Trinajstić information content (AvgIpc) is 2.45. The van der Waals surface area contributed by atoms with E-state index >= 15 is 0 Å². The van der Waals surface area contributed by atoms with Gasteiger partial charge in [0.2, 0.25) is 0 Å². The number of aliphatic carboxylic acids is 1. The highest BCUT2D eigenvalue weighted by Crippen LogP contribution is 2.17. The van der Waals surface area contributed by atoms with Gasteiger partial charge < -0.3 is 15.7 Å². The van der Waals surface area contributed by atoms with Crippen molar-refractivity contribution >= 4 is 17.5 Å². The Morgan fingerprint density at radius 2 is 2.05 bits per heavy atom. The highest BCUT2D eigenvalue weighted by molar-refractivity contribution is 5.93.